The molecule has 0 aromatic heterocycles. The standard InChI is InChI=1S/C12H15N/c1-4-9(2)8-11-7-5-6-10(3)12(11)13/h4-8H,1,13H2,2-3H3/b9-8+. The minimum absolute atomic E-state index is 0.851. The Morgan fingerprint density at radius 3 is 2.77 bits per heavy atom. The van der Waals surface area contributed by atoms with Crippen molar-refractivity contribution in [2.24, 2.45) is 0 Å². The van der Waals surface area contributed by atoms with Crippen LogP contribution in [0.2, 0.25) is 0 Å². The maximum Gasteiger partial charge on any atom is 0.0417 e. The lowest BCUT2D eigenvalue weighted by molar-refractivity contribution is 1.45. The molecule has 68 valence electrons. The van der Waals surface area contributed by atoms with Crippen molar-refractivity contribution >= 4 is 11.8 Å². The number of aryl methyl sites for hydroxylation is 1. The molecule has 0 bridgehead atoms. The van der Waals surface area contributed by atoms with Gasteiger partial charge in [0.1, 0.15) is 0 Å². The van der Waals surface area contributed by atoms with Crippen LogP contribution in [0.3, 0.4) is 0 Å². The minimum Gasteiger partial charge on any atom is -0.398 e. The van der Waals surface area contributed by atoms with Crippen molar-refractivity contribution in [3.8, 4) is 0 Å². The average molecular weight is 173 g/mol. The molecule has 0 aliphatic rings. The molecule has 0 aliphatic heterocycles. The number of benzene rings is 1. The van der Waals surface area contributed by atoms with Crippen molar-refractivity contribution < 1.29 is 0 Å². The number of anilines is 1. The van der Waals surface area contributed by atoms with Gasteiger partial charge in [-0.3, -0.25) is 0 Å². The molecule has 0 heterocycles. The number of hydrogen-bond acceptors (Lipinski definition) is 1. The van der Waals surface area contributed by atoms with Crippen molar-refractivity contribution in [1.29, 1.82) is 0 Å². The molecule has 0 unspecified atom stereocenters. The molecule has 1 aromatic carbocycles. The molecule has 1 rings (SSSR count). The number of hydrogen-bond donors (Lipinski definition) is 1. The second-order valence-corrected chi connectivity index (χ2v) is 3.17. The zero-order chi connectivity index (χ0) is 9.84. The third-order valence-corrected chi connectivity index (χ3v) is 2.06. The van der Waals surface area contributed by atoms with Crippen molar-refractivity contribution in [1.82, 2.24) is 0 Å². The van der Waals surface area contributed by atoms with Gasteiger partial charge in [0.15, 0.2) is 0 Å². The van der Waals surface area contributed by atoms with Gasteiger partial charge in [0.2, 0.25) is 0 Å². The van der Waals surface area contributed by atoms with Gasteiger partial charge in [-0.05, 0) is 31.1 Å². The van der Waals surface area contributed by atoms with E-state index in [1.165, 1.54) is 0 Å². The third-order valence-electron chi connectivity index (χ3n) is 2.06. The molecule has 0 aliphatic carbocycles. The van der Waals surface area contributed by atoms with Crippen molar-refractivity contribution in [3.63, 3.8) is 0 Å². The lowest BCUT2D eigenvalue weighted by Crippen LogP contribution is -1.92. The van der Waals surface area contributed by atoms with Gasteiger partial charge < -0.3 is 5.73 Å². The van der Waals surface area contributed by atoms with E-state index in [4.69, 9.17) is 5.73 Å². The predicted octanol–water partition coefficient (Wildman–Crippen LogP) is 3.17. The molecular formula is C12H15N. The Morgan fingerprint density at radius 2 is 2.15 bits per heavy atom. The Morgan fingerprint density at radius 1 is 1.46 bits per heavy atom. The summed E-state index contributed by atoms with van der Waals surface area (Å²) in [4.78, 5) is 0. The molecule has 1 nitrogen and oxygen atoms in total. The van der Waals surface area contributed by atoms with Gasteiger partial charge in [-0.25, -0.2) is 0 Å². The SMILES string of the molecule is C=C/C(C)=C/c1cccc(C)c1N. The van der Waals surface area contributed by atoms with Crippen LogP contribution in [0.1, 0.15) is 18.1 Å². The highest BCUT2D eigenvalue weighted by Crippen LogP contribution is 2.19. The fourth-order valence-electron chi connectivity index (χ4n) is 1.13. The molecule has 0 spiro atoms. The van der Waals surface area contributed by atoms with Gasteiger partial charge in [0.25, 0.3) is 0 Å². The summed E-state index contributed by atoms with van der Waals surface area (Å²) in [6.45, 7) is 7.72. The van der Waals surface area contributed by atoms with Crippen molar-refractivity contribution in [2.45, 2.75) is 13.8 Å². The first kappa shape index (κ1) is 9.59. The van der Waals surface area contributed by atoms with Crippen LogP contribution in [0.4, 0.5) is 5.69 Å². The number of nitrogen functional groups attached to an aromatic ring is 1. The molecule has 0 saturated carbocycles. The summed E-state index contributed by atoms with van der Waals surface area (Å²) < 4.78 is 0. The van der Waals surface area contributed by atoms with Crippen LogP contribution < -0.4 is 5.73 Å². The summed E-state index contributed by atoms with van der Waals surface area (Å²) in [6.07, 6.45) is 3.86. The Bertz CT molecular complexity index is 348. The molecule has 0 saturated heterocycles. The normalized spacial score (nSPS) is 11.4. The first-order valence-electron chi connectivity index (χ1n) is 4.31. The third kappa shape index (κ3) is 2.22. The van der Waals surface area contributed by atoms with E-state index in [2.05, 4.69) is 6.58 Å². The second-order valence-electron chi connectivity index (χ2n) is 3.17. The fraction of sp³-hybridized carbons (Fsp3) is 0.167. The zero-order valence-electron chi connectivity index (χ0n) is 8.17. The molecule has 1 aromatic rings. The Balaban J connectivity index is 3.16. The monoisotopic (exact) mass is 173 g/mol. The summed E-state index contributed by atoms with van der Waals surface area (Å²) in [7, 11) is 0. The molecule has 0 radical (unpaired) electrons. The van der Waals surface area contributed by atoms with Gasteiger partial charge in [0.05, 0.1) is 0 Å². The maximum atomic E-state index is 5.91. The Labute approximate surface area is 79.6 Å². The van der Waals surface area contributed by atoms with E-state index in [1.54, 1.807) is 0 Å². The largest absolute Gasteiger partial charge is 0.398 e. The van der Waals surface area contributed by atoms with Crippen LogP contribution in [0.15, 0.2) is 36.4 Å². The lowest BCUT2D eigenvalue weighted by Gasteiger charge is -2.04. The smallest absolute Gasteiger partial charge is 0.0417 e. The lowest BCUT2D eigenvalue weighted by atomic mass is 10.1. The Hall–Kier alpha value is -1.50. The number of nitrogens with two attached hydrogens (primary N) is 1. The van der Waals surface area contributed by atoms with Gasteiger partial charge >= 0.3 is 0 Å². The molecule has 13 heavy (non-hydrogen) atoms. The van der Waals surface area contributed by atoms with E-state index >= 15 is 0 Å². The summed E-state index contributed by atoms with van der Waals surface area (Å²) in [5, 5.41) is 0. The quantitative estimate of drug-likeness (QED) is 0.539. The van der Waals surface area contributed by atoms with E-state index in [0.717, 1.165) is 22.4 Å². The van der Waals surface area contributed by atoms with E-state index in [9.17, 15) is 0 Å². The van der Waals surface area contributed by atoms with E-state index in [1.807, 2.05) is 44.2 Å². The fourth-order valence-corrected chi connectivity index (χ4v) is 1.13. The van der Waals surface area contributed by atoms with Crippen LogP contribution in [-0.2, 0) is 0 Å². The van der Waals surface area contributed by atoms with Crippen LogP contribution in [0.5, 0.6) is 0 Å². The van der Waals surface area contributed by atoms with Gasteiger partial charge in [0, 0.05) is 5.69 Å². The van der Waals surface area contributed by atoms with E-state index < -0.39 is 0 Å². The van der Waals surface area contributed by atoms with Crippen LogP contribution in [-0.4, -0.2) is 0 Å². The highest BCUT2D eigenvalue weighted by Gasteiger charge is 1.97. The number of allylic oxidation sites excluding steroid dienone is 2. The highest BCUT2D eigenvalue weighted by molar-refractivity contribution is 5.69. The van der Waals surface area contributed by atoms with Crippen molar-refractivity contribution in [2.75, 3.05) is 5.73 Å². The van der Waals surface area contributed by atoms with Gasteiger partial charge in [-0.1, -0.05) is 36.4 Å². The first-order valence-corrected chi connectivity index (χ1v) is 4.31. The second kappa shape index (κ2) is 3.94. The summed E-state index contributed by atoms with van der Waals surface area (Å²) >= 11 is 0. The summed E-state index contributed by atoms with van der Waals surface area (Å²) in [5.41, 5.74) is 10.1. The summed E-state index contributed by atoms with van der Waals surface area (Å²) in [6, 6.07) is 6.03. The zero-order valence-corrected chi connectivity index (χ0v) is 8.17. The van der Waals surface area contributed by atoms with Crippen LogP contribution >= 0.6 is 0 Å². The molecular weight excluding hydrogens is 158 g/mol. The van der Waals surface area contributed by atoms with Gasteiger partial charge in [-0.2, -0.15) is 0 Å². The maximum absolute atomic E-state index is 5.91. The Kier molecular flexibility index (Phi) is 2.91. The minimum atomic E-state index is 0.851. The van der Waals surface area contributed by atoms with E-state index in [0.29, 0.717) is 0 Å². The van der Waals surface area contributed by atoms with Crippen molar-refractivity contribution in [3.05, 3.63) is 47.6 Å². The molecule has 0 fully saturated rings. The highest BCUT2D eigenvalue weighted by atomic mass is 14.6. The summed E-state index contributed by atoms with van der Waals surface area (Å²) in [5.74, 6) is 0. The van der Waals surface area contributed by atoms with Crippen LogP contribution in [0.25, 0.3) is 6.08 Å². The molecule has 2 N–H and O–H groups in total. The van der Waals surface area contributed by atoms with E-state index in [-0.39, 0.29) is 0 Å². The van der Waals surface area contributed by atoms with Gasteiger partial charge in [-0.15, -0.1) is 0 Å². The predicted molar refractivity (Wildman–Crippen MR) is 59.4 cm³/mol. The number of rotatable bonds is 2. The first-order chi connectivity index (χ1) is 6.15. The van der Waals surface area contributed by atoms with Crippen LogP contribution in [0, 0.1) is 6.92 Å². The molecule has 0 amide bonds. The average Bonchev–Trinajstić information content (AvgIpc) is 2.13. The molecule has 1 heteroatoms. The molecule has 0 atom stereocenters. The topological polar surface area (TPSA) is 26.0 Å². The number of para-hydroxylation sites is 1.